The molecule has 8 nitrogen and oxygen atoms in total. The predicted molar refractivity (Wildman–Crippen MR) is 104 cm³/mol. The zero-order valence-electron chi connectivity index (χ0n) is 15.8. The molecule has 0 aliphatic heterocycles. The summed E-state index contributed by atoms with van der Waals surface area (Å²) in [6, 6.07) is 6.11. The number of aromatic nitrogens is 1. The number of amides is 2. The van der Waals surface area contributed by atoms with Crippen molar-refractivity contribution in [3.8, 4) is 5.75 Å². The van der Waals surface area contributed by atoms with Crippen LogP contribution < -0.4 is 15.8 Å². The van der Waals surface area contributed by atoms with Crippen LogP contribution in [-0.2, 0) is 11.2 Å². The zero-order chi connectivity index (χ0) is 20.5. The van der Waals surface area contributed by atoms with Crippen molar-refractivity contribution in [1.82, 2.24) is 10.3 Å². The number of aliphatic hydroxyl groups is 1. The Labute approximate surface area is 166 Å². The molecule has 1 aliphatic rings. The molecule has 0 spiro atoms. The predicted octanol–water partition coefficient (Wildman–Crippen LogP) is 1.78. The van der Waals surface area contributed by atoms with Gasteiger partial charge in [0.15, 0.2) is 0 Å². The molecule has 150 valence electrons. The van der Waals surface area contributed by atoms with Gasteiger partial charge in [-0.1, -0.05) is 0 Å². The zero-order valence-corrected chi connectivity index (χ0v) is 15.8. The number of aliphatic hydroxyl groups excluding tert-OH is 1. The van der Waals surface area contributed by atoms with E-state index in [-0.39, 0.29) is 11.7 Å². The van der Waals surface area contributed by atoms with Crippen LogP contribution in [0.4, 0.5) is 0 Å². The normalized spacial score (nSPS) is 16.4. The maximum absolute atomic E-state index is 12.7. The lowest BCUT2D eigenvalue weighted by Crippen LogP contribution is -2.46. The van der Waals surface area contributed by atoms with Crippen molar-refractivity contribution in [3.63, 3.8) is 0 Å². The molecule has 2 atom stereocenters. The summed E-state index contributed by atoms with van der Waals surface area (Å²) in [6.07, 6.45) is 5.28. The molecular weight excluding hydrogens is 374 g/mol. The summed E-state index contributed by atoms with van der Waals surface area (Å²) in [4.78, 5) is 28.2. The van der Waals surface area contributed by atoms with Gasteiger partial charge in [-0.15, -0.1) is 0 Å². The van der Waals surface area contributed by atoms with Crippen LogP contribution >= 0.6 is 0 Å². The fourth-order valence-corrected chi connectivity index (χ4v) is 3.67. The molecule has 2 amide bonds. The number of nitrogens with zero attached hydrogens (tertiary/aromatic N) is 1. The number of rotatable bonds is 6. The number of primary amides is 1. The van der Waals surface area contributed by atoms with E-state index in [4.69, 9.17) is 14.9 Å². The van der Waals surface area contributed by atoms with Crippen LogP contribution in [0, 0.1) is 6.92 Å². The number of carbonyl (C=O) groups excluding carboxylic acids is 2. The van der Waals surface area contributed by atoms with Crippen molar-refractivity contribution < 1.29 is 23.8 Å². The van der Waals surface area contributed by atoms with Crippen molar-refractivity contribution in [2.45, 2.75) is 31.9 Å². The number of furan rings is 1. The quantitative estimate of drug-likeness (QED) is 0.584. The van der Waals surface area contributed by atoms with Crippen molar-refractivity contribution >= 4 is 22.8 Å². The molecular formula is C21H21N3O5. The first-order valence-electron chi connectivity index (χ1n) is 9.31. The highest BCUT2D eigenvalue weighted by Gasteiger charge is 2.26. The minimum Gasteiger partial charge on any atom is -0.486 e. The Bertz CT molecular complexity index is 1090. The van der Waals surface area contributed by atoms with Gasteiger partial charge in [0.25, 0.3) is 5.91 Å². The number of ether oxygens (including phenoxy) is 1. The van der Waals surface area contributed by atoms with Crippen LogP contribution in [0.3, 0.4) is 0 Å². The Morgan fingerprint density at radius 3 is 3.00 bits per heavy atom. The minimum absolute atomic E-state index is 0.102. The van der Waals surface area contributed by atoms with Gasteiger partial charge in [-0.05, 0) is 49.6 Å². The summed E-state index contributed by atoms with van der Waals surface area (Å²) in [5.74, 6) is -0.371. The number of nitrogens with one attached hydrogen (secondary N) is 1. The lowest BCUT2D eigenvalue weighted by molar-refractivity contribution is -0.120. The molecule has 1 aromatic carbocycles. The number of hydrogen-bond donors (Lipinski definition) is 3. The van der Waals surface area contributed by atoms with Gasteiger partial charge in [0, 0.05) is 23.3 Å². The monoisotopic (exact) mass is 395 g/mol. The van der Waals surface area contributed by atoms with Gasteiger partial charge in [-0.3, -0.25) is 14.6 Å². The molecule has 4 N–H and O–H groups in total. The van der Waals surface area contributed by atoms with Crippen molar-refractivity contribution in [1.29, 1.82) is 0 Å². The summed E-state index contributed by atoms with van der Waals surface area (Å²) < 4.78 is 11.8. The summed E-state index contributed by atoms with van der Waals surface area (Å²) >= 11 is 0. The average Bonchev–Trinajstić information content (AvgIpc) is 3.25. The lowest BCUT2D eigenvalue weighted by Gasteiger charge is -2.15. The third-order valence-corrected chi connectivity index (χ3v) is 5.14. The third kappa shape index (κ3) is 3.54. The summed E-state index contributed by atoms with van der Waals surface area (Å²) in [6.45, 7) is 1.08. The maximum Gasteiger partial charge on any atom is 0.256 e. The standard InChI is InChI=1S/C21H21N3O5/c1-11-19(21(27)24-16(10-25)20(22)26)14-8-13(3-5-17(14)28-11)29-18-4-2-12-6-7-23-9-15(12)18/h3,5-9,16,18,25H,2,4,10H2,1H3,(H2,22,26)(H,24,27)/t16-,18?/m0/s1. The van der Waals surface area contributed by atoms with Gasteiger partial charge in [0.1, 0.15) is 29.2 Å². The lowest BCUT2D eigenvalue weighted by atomic mass is 10.1. The van der Waals surface area contributed by atoms with E-state index >= 15 is 0 Å². The highest BCUT2D eigenvalue weighted by Crippen LogP contribution is 2.36. The Balaban J connectivity index is 1.63. The summed E-state index contributed by atoms with van der Waals surface area (Å²) in [5.41, 5.74) is 8.29. The van der Waals surface area contributed by atoms with Crippen molar-refractivity contribution in [3.05, 3.63) is 59.1 Å². The SMILES string of the molecule is Cc1oc2ccc(OC3CCc4ccncc43)cc2c1C(=O)N[C@@H](CO)C(N)=O. The number of carbonyl (C=O) groups is 2. The molecule has 3 aromatic rings. The second-order valence-corrected chi connectivity index (χ2v) is 7.02. The Kier molecular flexibility index (Phi) is 4.94. The molecule has 0 fully saturated rings. The van der Waals surface area contributed by atoms with E-state index in [1.54, 1.807) is 31.3 Å². The number of fused-ring (bicyclic) bond motifs is 2. The summed E-state index contributed by atoms with van der Waals surface area (Å²) in [7, 11) is 0. The van der Waals surface area contributed by atoms with Crippen LogP contribution in [0.25, 0.3) is 11.0 Å². The van der Waals surface area contributed by atoms with E-state index < -0.39 is 24.5 Å². The highest BCUT2D eigenvalue weighted by atomic mass is 16.5. The van der Waals surface area contributed by atoms with E-state index in [0.29, 0.717) is 22.5 Å². The molecule has 0 saturated heterocycles. The topological polar surface area (TPSA) is 128 Å². The van der Waals surface area contributed by atoms with Crippen LogP contribution in [0.15, 0.2) is 41.1 Å². The molecule has 4 rings (SSSR count). The number of pyridine rings is 1. The van der Waals surface area contributed by atoms with Crippen LogP contribution in [0.2, 0.25) is 0 Å². The first-order chi connectivity index (χ1) is 14.0. The smallest absolute Gasteiger partial charge is 0.256 e. The van der Waals surface area contributed by atoms with Crippen LogP contribution in [0.5, 0.6) is 5.75 Å². The average molecular weight is 395 g/mol. The molecule has 2 aromatic heterocycles. The van der Waals surface area contributed by atoms with Gasteiger partial charge >= 0.3 is 0 Å². The van der Waals surface area contributed by atoms with Crippen molar-refractivity contribution in [2.75, 3.05) is 6.61 Å². The fourth-order valence-electron chi connectivity index (χ4n) is 3.67. The van der Waals surface area contributed by atoms with E-state index in [9.17, 15) is 14.7 Å². The van der Waals surface area contributed by atoms with E-state index in [2.05, 4.69) is 10.3 Å². The van der Waals surface area contributed by atoms with Gasteiger partial charge in [0.05, 0.1) is 12.2 Å². The second kappa shape index (κ2) is 7.56. The number of nitrogens with two attached hydrogens (primary N) is 1. The molecule has 8 heteroatoms. The van der Waals surface area contributed by atoms with Gasteiger partial charge in [-0.2, -0.15) is 0 Å². The maximum atomic E-state index is 12.7. The van der Waals surface area contributed by atoms with Gasteiger partial charge < -0.3 is 25.3 Å². The summed E-state index contributed by atoms with van der Waals surface area (Å²) in [5, 5.41) is 12.2. The second-order valence-electron chi connectivity index (χ2n) is 7.02. The molecule has 1 unspecified atom stereocenters. The minimum atomic E-state index is -1.17. The highest BCUT2D eigenvalue weighted by molar-refractivity contribution is 6.08. The van der Waals surface area contributed by atoms with E-state index in [1.807, 2.05) is 12.3 Å². The Hall–Kier alpha value is -3.39. The van der Waals surface area contributed by atoms with E-state index in [1.165, 1.54) is 5.56 Å². The number of hydrogen-bond acceptors (Lipinski definition) is 6. The van der Waals surface area contributed by atoms with Gasteiger partial charge in [-0.25, -0.2) is 0 Å². The Morgan fingerprint density at radius 2 is 2.24 bits per heavy atom. The Morgan fingerprint density at radius 1 is 1.41 bits per heavy atom. The van der Waals surface area contributed by atoms with Crippen LogP contribution in [-0.4, -0.2) is 34.6 Å². The van der Waals surface area contributed by atoms with Crippen LogP contribution in [0.1, 0.15) is 39.8 Å². The fraction of sp³-hybridized carbons (Fsp3) is 0.286. The first kappa shape index (κ1) is 18.9. The van der Waals surface area contributed by atoms with Gasteiger partial charge in [0.2, 0.25) is 5.91 Å². The number of benzene rings is 1. The van der Waals surface area contributed by atoms with E-state index in [0.717, 1.165) is 18.4 Å². The molecule has 0 bridgehead atoms. The number of aryl methyl sites for hydroxylation is 2. The molecule has 0 radical (unpaired) electrons. The molecule has 2 heterocycles. The molecule has 0 saturated carbocycles. The van der Waals surface area contributed by atoms with Crippen molar-refractivity contribution in [2.24, 2.45) is 5.73 Å². The first-order valence-corrected chi connectivity index (χ1v) is 9.31. The molecule has 29 heavy (non-hydrogen) atoms. The largest absolute Gasteiger partial charge is 0.486 e. The third-order valence-electron chi connectivity index (χ3n) is 5.14. The molecule has 1 aliphatic carbocycles.